The van der Waals surface area contributed by atoms with Gasteiger partial charge in [0.15, 0.2) is 0 Å². The van der Waals surface area contributed by atoms with E-state index in [4.69, 9.17) is 5.73 Å². The predicted molar refractivity (Wildman–Crippen MR) is 70.8 cm³/mol. The number of aromatic nitrogens is 1. The molecule has 84 valence electrons. The normalized spacial score (nSPS) is 10.3. The molecule has 0 atom stereocenters. The summed E-state index contributed by atoms with van der Waals surface area (Å²) in [6.07, 6.45) is 7.38. The van der Waals surface area contributed by atoms with Gasteiger partial charge in [-0.3, -0.25) is 4.98 Å². The van der Waals surface area contributed by atoms with E-state index < -0.39 is 0 Å². The second kappa shape index (κ2) is 6.10. The average molecular weight is 236 g/mol. The quantitative estimate of drug-likeness (QED) is 0.860. The third-order valence-corrected chi connectivity index (χ3v) is 2.17. The van der Waals surface area contributed by atoms with Gasteiger partial charge in [-0.05, 0) is 18.3 Å². The van der Waals surface area contributed by atoms with E-state index >= 15 is 0 Å². The van der Waals surface area contributed by atoms with Crippen molar-refractivity contribution in [2.24, 2.45) is 5.73 Å². The molecule has 0 aliphatic carbocycles. The Kier molecular flexibility index (Phi) is 4.76. The molecule has 0 spiro atoms. The number of hydrogen-bond acceptors (Lipinski definition) is 3. The van der Waals surface area contributed by atoms with Gasteiger partial charge in [0, 0.05) is 35.4 Å². The zero-order valence-electron chi connectivity index (χ0n) is 8.76. The van der Waals surface area contributed by atoms with Crippen molar-refractivity contribution in [2.45, 2.75) is 0 Å². The summed E-state index contributed by atoms with van der Waals surface area (Å²) in [5.74, 6) is 0. The molecule has 0 amide bonds. The summed E-state index contributed by atoms with van der Waals surface area (Å²) in [6.45, 7) is 0.541. The number of halogens is 1. The van der Waals surface area contributed by atoms with E-state index in [0.717, 1.165) is 16.5 Å². The van der Waals surface area contributed by atoms with E-state index in [0.29, 0.717) is 6.54 Å². The summed E-state index contributed by atoms with van der Waals surface area (Å²) < 4.78 is 0. The van der Waals surface area contributed by atoms with Crippen molar-refractivity contribution in [3.63, 3.8) is 0 Å². The van der Waals surface area contributed by atoms with E-state index in [1.807, 2.05) is 42.7 Å². The lowest BCUT2D eigenvalue weighted by atomic mass is 10.1. The summed E-state index contributed by atoms with van der Waals surface area (Å²) in [4.78, 5) is 4.08. The summed E-state index contributed by atoms with van der Waals surface area (Å²) in [5.41, 5.74) is 6.44. The van der Waals surface area contributed by atoms with Crippen LogP contribution in [-0.2, 0) is 0 Å². The van der Waals surface area contributed by atoms with E-state index in [-0.39, 0.29) is 12.4 Å². The summed E-state index contributed by atoms with van der Waals surface area (Å²) >= 11 is 0. The molecule has 0 fully saturated rings. The average Bonchev–Trinajstić information content (AvgIpc) is 2.30. The molecule has 3 nitrogen and oxygen atoms in total. The Morgan fingerprint density at radius 1 is 1.31 bits per heavy atom. The smallest absolute Gasteiger partial charge is 0.0460 e. The van der Waals surface area contributed by atoms with Gasteiger partial charge in [0.1, 0.15) is 0 Å². The summed E-state index contributed by atoms with van der Waals surface area (Å²) in [5, 5.41) is 5.49. The van der Waals surface area contributed by atoms with Crippen molar-refractivity contribution in [3.8, 4) is 0 Å². The van der Waals surface area contributed by atoms with Gasteiger partial charge in [0.25, 0.3) is 0 Å². The highest BCUT2D eigenvalue weighted by atomic mass is 35.5. The molecule has 2 aromatic rings. The van der Waals surface area contributed by atoms with E-state index in [1.54, 1.807) is 6.20 Å². The van der Waals surface area contributed by atoms with E-state index in [2.05, 4.69) is 10.3 Å². The minimum absolute atomic E-state index is 0. The highest BCUT2D eigenvalue weighted by Gasteiger charge is 1.97. The lowest BCUT2D eigenvalue weighted by Gasteiger charge is -2.05. The number of hydrogen-bond donors (Lipinski definition) is 2. The zero-order valence-corrected chi connectivity index (χ0v) is 9.58. The van der Waals surface area contributed by atoms with Crippen LogP contribution >= 0.6 is 12.4 Å². The van der Waals surface area contributed by atoms with Gasteiger partial charge in [-0.25, -0.2) is 0 Å². The van der Waals surface area contributed by atoms with E-state index in [9.17, 15) is 0 Å². The topological polar surface area (TPSA) is 50.9 Å². The van der Waals surface area contributed by atoms with Gasteiger partial charge in [-0.2, -0.15) is 0 Å². The molecule has 1 aromatic carbocycles. The fraction of sp³-hybridized carbons (Fsp3) is 0.0833. The Morgan fingerprint density at radius 3 is 3.00 bits per heavy atom. The SMILES string of the molecule is Cl.NCC=CNc1cccc2cnccc12. The Labute approximate surface area is 101 Å². The number of nitrogens with two attached hydrogens (primary N) is 1. The lowest BCUT2D eigenvalue weighted by molar-refractivity contribution is 1.25. The van der Waals surface area contributed by atoms with Gasteiger partial charge < -0.3 is 11.1 Å². The minimum Gasteiger partial charge on any atom is -0.361 e. The highest BCUT2D eigenvalue weighted by Crippen LogP contribution is 2.21. The number of rotatable bonds is 3. The van der Waals surface area contributed by atoms with Crippen LogP contribution in [0, 0.1) is 0 Å². The fourth-order valence-corrected chi connectivity index (χ4v) is 1.47. The van der Waals surface area contributed by atoms with Crippen LogP contribution in [0.2, 0.25) is 0 Å². The number of nitrogens with zero attached hydrogens (tertiary/aromatic N) is 1. The molecule has 2 rings (SSSR count). The van der Waals surface area contributed by atoms with Gasteiger partial charge in [-0.1, -0.05) is 18.2 Å². The number of benzene rings is 1. The Balaban J connectivity index is 0.00000128. The van der Waals surface area contributed by atoms with Crippen molar-refractivity contribution in [2.75, 3.05) is 11.9 Å². The number of pyridine rings is 1. The largest absolute Gasteiger partial charge is 0.361 e. The molecule has 0 radical (unpaired) electrons. The molecule has 0 unspecified atom stereocenters. The minimum atomic E-state index is 0. The van der Waals surface area contributed by atoms with Crippen LogP contribution in [0.4, 0.5) is 5.69 Å². The molecule has 0 saturated heterocycles. The van der Waals surface area contributed by atoms with Gasteiger partial charge >= 0.3 is 0 Å². The number of nitrogens with one attached hydrogen (secondary N) is 1. The Bertz CT molecular complexity index is 477. The third-order valence-electron chi connectivity index (χ3n) is 2.17. The van der Waals surface area contributed by atoms with Gasteiger partial charge in [-0.15, -0.1) is 12.4 Å². The molecular weight excluding hydrogens is 222 g/mol. The monoisotopic (exact) mass is 235 g/mol. The maximum atomic E-state index is 5.37. The first-order valence-corrected chi connectivity index (χ1v) is 4.86. The first-order valence-electron chi connectivity index (χ1n) is 4.86. The third kappa shape index (κ3) is 2.72. The number of fused-ring (bicyclic) bond motifs is 1. The molecular formula is C12H14ClN3. The first-order chi connectivity index (χ1) is 7.42. The van der Waals surface area contributed by atoms with Crippen LogP contribution < -0.4 is 11.1 Å². The van der Waals surface area contributed by atoms with Gasteiger partial charge in [0.05, 0.1) is 0 Å². The fourth-order valence-electron chi connectivity index (χ4n) is 1.47. The number of anilines is 1. The van der Waals surface area contributed by atoms with Crippen LogP contribution in [0.25, 0.3) is 10.8 Å². The van der Waals surface area contributed by atoms with Crippen molar-refractivity contribution < 1.29 is 0 Å². The lowest BCUT2D eigenvalue weighted by Crippen LogP contribution is -1.95. The molecule has 0 aliphatic heterocycles. The van der Waals surface area contributed by atoms with Crippen LogP contribution in [0.1, 0.15) is 0 Å². The molecule has 0 bridgehead atoms. The molecule has 1 aromatic heterocycles. The maximum Gasteiger partial charge on any atom is 0.0460 e. The maximum absolute atomic E-state index is 5.37. The molecule has 1 heterocycles. The van der Waals surface area contributed by atoms with Crippen molar-refractivity contribution >= 4 is 28.9 Å². The summed E-state index contributed by atoms with van der Waals surface area (Å²) in [7, 11) is 0. The first kappa shape index (κ1) is 12.5. The molecule has 0 aliphatic rings. The van der Waals surface area contributed by atoms with Crippen molar-refractivity contribution in [1.29, 1.82) is 0 Å². The van der Waals surface area contributed by atoms with Crippen LogP contribution in [0.15, 0.2) is 48.9 Å². The van der Waals surface area contributed by atoms with Crippen LogP contribution in [0.3, 0.4) is 0 Å². The highest BCUT2D eigenvalue weighted by molar-refractivity contribution is 5.93. The second-order valence-corrected chi connectivity index (χ2v) is 3.18. The van der Waals surface area contributed by atoms with Gasteiger partial charge in [0.2, 0.25) is 0 Å². The molecule has 16 heavy (non-hydrogen) atoms. The standard InChI is InChI=1S/C12H13N3.ClH/c13-6-2-7-15-12-4-1-3-10-9-14-8-5-11(10)12;/h1-5,7-9,15H,6,13H2;1H. The predicted octanol–water partition coefficient (Wildman–Crippen LogP) is 2.54. The van der Waals surface area contributed by atoms with E-state index in [1.165, 1.54) is 0 Å². The Hall–Kier alpha value is -1.58. The van der Waals surface area contributed by atoms with Crippen LogP contribution in [0.5, 0.6) is 0 Å². The Morgan fingerprint density at radius 2 is 2.19 bits per heavy atom. The molecule has 3 N–H and O–H groups in total. The zero-order chi connectivity index (χ0) is 10.5. The molecule has 4 heteroatoms. The van der Waals surface area contributed by atoms with Crippen molar-refractivity contribution in [1.82, 2.24) is 4.98 Å². The van der Waals surface area contributed by atoms with Crippen LogP contribution in [-0.4, -0.2) is 11.5 Å². The molecule has 0 saturated carbocycles. The summed E-state index contributed by atoms with van der Waals surface area (Å²) in [6, 6.07) is 8.07. The second-order valence-electron chi connectivity index (χ2n) is 3.18. The van der Waals surface area contributed by atoms with Crippen molar-refractivity contribution in [3.05, 3.63) is 48.9 Å².